The molecular weight excluding hydrogens is 309 g/mol. The summed E-state index contributed by atoms with van der Waals surface area (Å²) in [6, 6.07) is 11.9. The maximum atomic E-state index is 12.9. The average Bonchev–Trinajstić information content (AvgIpc) is 2.60. The average molecular weight is 333 g/mol. The van der Waals surface area contributed by atoms with Crippen LogP contribution in [-0.4, -0.2) is 31.9 Å². The van der Waals surface area contributed by atoms with Crippen molar-refractivity contribution in [1.29, 1.82) is 0 Å². The van der Waals surface area contributed by atoms with Crippen LogP contribution in [0.5, 0.6) is 11.5 Å². The number of hydrogen-bond donors (Lipinski definition) is 2. The number of halogens is 1. The monoisotopic (exact) mass is 333 g/mol. The Morgan fingerprint density at radius 2 is 1.71 bits per heavy atom. The van der Waals surface area contributed by atoms with Crippen LogP contribution < -0.4 is 14.8 Å². The largest absolute Gasteiger partial charge is 0.493 e. The van der Waals surface area contributed by atoms with Crippen molar-refractivity contribution in [2.24, 2.45) is 0 Å². The lowest BCUT2D eigenvalue weighted by Gasteiger charge is -2.18. The van der Waals surface area contributed by atoms with Gasteiger partial charge in [0.1, 0.15) is 5.82 Å². The van der Waals surface area contributed by atoms with Gasteiger partial charge in [-0.15, -0.1) is 0 Å². The molecule has 130 valence electrons. The molecule has 0 radical (unpaired) electrons. The molecule has 0 spiro atoms. The summed E-state index contributed by atoms with van der Waals surface area (Å²) in [6.07, 6.45) is 0.120. The molecular formula is C19H24FNO3. The first kappa shape index (κ1) is 18.2. The van der Waals surface area contributed by atoms with Gasteiger partial charge in [0.15, 0.2) is 11.5 Å². The lowest BCUT2D eigenvalue weighted by molar-refractivity contribution is 0.170. The summed E-state index contributed by atoms with van der Waals surface area (Å²) >= 11 is 0. The van der Waals surface area contributed by atoms with Crippen LogP contribution in [-0.2, 0) is 6.42 Å². The highest BCUT2D eigenvalue weighted by Gasteiger charge is 2.11. The van der Waals surface area contributed by atoms with E-state index in [1.165, 1.54) is 12.1 Å². The molecule has 2 aromatic carbocycles. The SMILES string of the molecule is COc1ccc(CC(C)NCC(O)c2ccc(F)cc2)cc1OC. The Kier molecular flexibility index (Phi) is 6.58. The second kappa shape index (κ2) is 8.66. The highest BCUT2D eigenvalue weighted by Crippen LogP contribution is 2.28. The second-order valence-electron chi connectivity index (χ2n) is 5.77. The van der Waals surface area contributed by atoms with Gasteiger partial charge in [-0.1, -0.05) is 18.2 Å². The third kappa shape index (κ3) is 4.94. The number of ether oxygens (including phenoxy) is 2. The van der Waals surface area contributed by atoms with Crippen LogP contribution in [0.2, 0.25) is 0 Å². The normalized spacial score (nSPS) is 13.4. The standard InChI is InChI=1S/C19H24FNO3/c1-13(10-14-4-9-18(23-2)19(11-14)24-3)21-12-17(22)15-5-7-16(20)8-6-15/h4-9,11,13,17,21-22H,10,12H2,1-3H3. The van der Waals surface area contributed by atoms with E-state index in [1.54, 1.807) is 26.4 Å². The van der Waals surface area contributed by atoms with Gasteiger partial charge < -0.3 is 19.9 Å². The molecule has 0 aliphatic heterocycles. The zero-order chi connectivity index (χ0) is 17.5. The van der Waals surface area contributed by atoms with Gasteiger partial charge >= 0.3 is 0 Å². The van der Waals surface area contributed by atoms with Crippen molar-refractivity contribution in [2.45, 2.75) is 25.5 Å². The first-order chi connectivity index (χ1) is 11.5. The van der Waals surface area contributed by atoms with E-state index < -0.39 is 6.10 Å². The Hall–Kier alpha value is -2.11. The van der Waals surface area contributed by atoms with E-state index in [0.29, 0.717) is 23.6 Å². The number of methoxy groups -OCH3 is 2. The van der Waals surface area contributed by atoms with Gasteiger partial charge in [0.2, 0.25) is 0 Å². The zero-order valence-corrected chi connectivity index (χ0v) is 14.3. The zero-order valence-electron chi connectivity index (χ0n) is 14.3. The molecule has 0 amide bonds. The molecule has 0 bridgehead atoms. The van der Waals surface area contributed by atoms with Crippen LogP contribution in [0, 0.1) is 5.82 Å². The van der Waals surface area contributed by atoms with Gasteiger partial charge in [-0.3, -0.25) is 0 Å². The summed E-state index contributed by atoms with van der Waals surface area (Å²) in [4.78, 5) is 0. The molecule has 0 aliphatic carbocycles. The van der Waals surface area contributed by atoms with Crippen LogP contribution in [0.4, 0.5) is 4.39 Å². The minimum Gasteiger partial charge on any atom is -0.493 e. The highest BCUT2D eigenvalue weighted by molar-refractivity contribution is 5.43. The molecule has 0 saturated carbocycles. The first-order valence-corrected chi connectivity index (χ1v) is 7.91. The summed E-state index contributed by atoms with van der Waals surface area (Å²) in [5.74, 6) is 1.10. The third-order valence-corrected chi connectivity index (χ3v) is 3.90. The van der Waals surface area contributed by atoms with Crippen molar-refractivity contribution >= 4 is 0 Å². The molecule has 2 unspecified atom stereocenters. The Morgan fingerprint density at radius 3 is 2.33 bits per heavy atom. The lowest BCUT2D eigenvalue weighted by Crippen LogP contribution is -2.32. The van der Waals surface area contributed by atoms with Crippen LogP contribution in [0.3, 0.4) is 0 Å². The fraction of sp³-hybridized carbons (Fsp3) is 0.368. The Labute approximate surface area is 142 Å². The molecule has 0 aliphatic rings. The maximum absolute atomic E-state index is 12.9. The number of hydrogen-bond acceptors (Lipinski definition) is 4. The molecule has 2 N–H and O–H groups in total. The predicted octanol–water partition coefficient (Wildman–Crippen LogP) is 3.10. The van der Waals surface area contributed by atoms with Gasteiger partial charge in [0.05, 0.1) is 20.3 Å². The van der Waals surface area contributed by atoms with E-state index in [0.717, 1.165) is 12.0 Å². The molecule has 2 atom stereocenters. The van der Waals surface area contributed by atoms with Crippen molar-refractivity contribution in [3.63, 3.8) is 0 Å². The van der Waals surface area contributed by atoms with Gasteiger partial charge in [-0.2, -0.15) is 0 Å². The van der Waals surface area contributed by atoms with Crippen molar-refractivity contribution in [3.8, 4) is 11.5 Å². The van der Waals surface area contributed by atoms with Crippen molar-refractivity contribution in [1.82, 2.24) is 5.32 Å². The van der Waals surface area contributed by atoms with E-state index >= 15 is 0 Å². The molecule has 0 heterocycles. The minimum absolute atomic E-state index is 0.165. The second-order valence-corrected chi connectivity index (χ2v) is 5.77. The summed E-state index contributed by atoms with van der Waals surface area (Å²) in [7, 11) is 3.22. The van der Waals surface area contributed by atoms with E-state index in [1.807, 2.05) is 25.1 Å². The first-order valence-electron chi connectivity index (χ1n) is 7.91. The van der Waals surface area contributed by atoms with E-state index in [2.05, 4.69) is 5.32 Å². The molecule has 0 aromatic heterocycles. The maximum Gasteiger partial charge on any atom is 0.160 e. The minimum atomic E-state index is -0.668. The Bertz CT molecular complexity index is 646. The van der Waals surface area contributed by atoms with E-state index in [-0.39, 0.29) is 11.9 Å². The number of aliphatic hydroxyl groups excluding tert-OH is 1. The number of aliphatic hydroxyl groups is 1. The van der Waals surface area contributed by atoms with Gasteiger partial charge in [-0.05, 0) is 48.7 Å². The van der Waals surface area contributed by atoms with Crippen molar-refractivity contribution in [2.75, 3.05) is 20.8 Å². The van der Waals surface area contributed by atoms with Crippen LogP contribution in [0.25, 0.3) is 0 Å². The van der Waals surface area contributed by atoms with Gasteiger partial charge in [-0.25, -0.2) is 4.39 Å². The van der Waals surface area contributed by atoms with Crippen LogP contribution >= 0.6 is 0 Å². The molecule has 0 saturated heterocycles. The summed E-state index contributed by atoms with van der Waals surface area (Å²) in [6.45, 7) is 2.45. The molecule has 4 nitrogen and oxygen atoms in total. The summed E-state index contributed by atoms with van der Waals surface area (Å²) in [5.41, 5.74) is 1.81. The molecule has 2 rings (SSSR count). The Balaban J connectivity index is 1.88. The van der Waals surface area contributed by atoms with Crippen LogP contribution in [0.15, 0.2) is 42.5 Å². The van der Waals surface area contributed by atoms with E-state index in [9.17, 15) is 9.50 Å². The molecule has 24 heavy (non-hydrogen) atoms. The molecule has 2 aromatic rings. The van der Waals surface area contributed by atoms with Gasteiger partial charge in [0.25, 0.3) is 0 Å². The number of rotatable bonds is 8. The van der Waals surface area contributed by atoms with Crippen molar-refractivity contribution in [3.05, 3.63) is 59.4 Å². The fourth-order valence-electron chi connectivity index (χ4n) is 2.55. The Morgan fingerprint density at radius 1 is 1.04 bits per heavy atom. The topological polar surface area (TPSA) is 50.7 Å². The third-order valence-electron chi connectivity index (χ3n) is 3.90. The summed E-state index contributed by atoms with van der Waals surface area (Å²) < 4.78 is 23.4. The molecule has 0 fully saturated rings. The number of nitrogens with one attached hydrogen (secondary N) is 1. The lowest BCUT2D eigenvalue weighted by atomic mass is 10.1. The quantitative estimate of drug-likeness (QED) is 0.779. The highest BCUT2D eigenvalue weighted by atomic mass is 19.1. The van der Waals surface area contributed by atoms with Crippen molar-refractivity contribution < 1.29 is 19.0 Å². The van der Waals surface area contributed by atoms with Gasteiger partial charge in [0, 0.05) is 12.6 Å². The summed E-state index contributed by atoms with van der Waals surface area (Å²) in [5, 5.41) is 13.4. The number of benzene rings is 2. The van der Waals surface area contributed by atoms with E-state index in [4.69, 9.17) is 9.47 Å². The molecule has 5 heteroatoms. The predicted molar refractivity (Wildman–Crippen MR) is 92.1 cm³/mol. The van der Waals surface area contributed by atoms with Crippen LogP contribution in [0.1, 0.15) is 24.2 Å². The smallest absolute Gasteiger partial charge is 0.160 e. The fourth-order valence-corrected chi connectivity index (χ4v) is 2.55.